The van der Waals surface area contributed by atoms with Crippen molar-refractivity contribution in [3.63, 3.8) is 0 Å². The summed E-state index contributed by atoms with van der Waals surface area (Å²) in [4.78, 5) is 44.1. The average Bonchev–Trinajstić information content (AvgIpc) is 3.54. The molecular weight excluding hydrogens is 516 g/mol. The fourth-order valence-corrected chi connectivity index (χ4v) is 5.54. The van der Waals surface area contributed by atoms with Crippen molar-refractivity contribution in [3.05, 3.63) is 68.3 Å². The zero-order chi connectivity index (χ0) is 24.2. The lowest BCUT2D eigenvalue weighted by Gasteiger charge is -2.18. The molecule has 2 aromatic heterocycles. The molecule has 0 radical (unpaired) electrons. The van der Waals surface area contributed by atoms with Crippen LogP contribution in [0.1, 0.15) is 15.2 Å². The van der Waals surface area contributed by atoms with Crippen LogP contribution in [-0.2, 0) is 9.59 Å². The summed E-state index contributed by atoms with van der Waals surface area (Å²) in [6.45, 7) is 0. The van der Waals surface area contributed by atoms with E-state index >= 15 is 0 Å². The standard InChI is InChI=1S/C22H17ClN4O4S3/c1-31-17-5-4-12(9-15(17)23)27-21(30)16(10-13-3-2-7-32-13)25-22(27)34-11-18(28)26-20-14(19(24)29)6-8-33-20/h2-10H,11H2,1H3,(H2,24,29)(H,26,28). The molecule has 3 amide bonds. The Bertz CT molecular complexity index is 1320. The highest BCUT2D eigenvalue weighted by Crippen LogP contribution is 2.34. The number of amides is 3. The van der Waals surface area contributed by atoms with Gasteiger partial charge in [-0.2, -0.15) is 0 Å². The first-order valence-corrected chi connectivity index (χ1v) is 12.8. The van der Waals surface area contributed by atoms with Gasteiger partial charge in [0.2, 0.25) is 5.91 Å². The molecule has 0 saturated heterocycles. The Balaban J connectivity index is 1.58. The average molecular weight is 533 g/mol. The van der Waals surface area contributed by atoms with Crippen LogP contribution in [0.3, 0.4) is 0 Å². The molecule has 174 valence electrons. The quantitative estimate of drug-likeness (QED) is 0.429. The smallest absolute Gasteiger partial charge is 0.283 e. The number of carbonyl (C=O) groups excluding carboxylic acids is 3. The van der Waals surface area contributed by atoms with E-state index in [0.717, 1.165) is 16.6 Å². The van der Waals surface area contributed by atoms with E-state index in [0.29, 0.717) is 26.6 Å². The monoisotopic (exact) mass is 532 g/mol. The molecule has 1 aliphatic rings. The van der Waals surface area contributed by atoms with Crippen LogP contribution in [0.2, 0.25) is 5.02 Å². The number of primary amides is 1. The van der Waals surface area contributed by atoms with Crippen LogP contribution in [0.15, 0.2) is 57.8 Å². The molecule has 1 aliphatic heterocycles. The topological polar surface area (TPSA) is 114 Å². The van der Waals surface area contributed by atoms with E-state index in [-0.39, 0.29) is 28.8 Å². The molecule has 4 rings (SSSR count). The minimum absolute atomic E-state index is 0.0467. The summed E-state index contributed by atoms with van der Waals surface area (Å²) in [6, 6.07) is 10.3. The minimum atomic E-state index is -0.624. The number of nitrogens with one attached hydrogen (secondary N) is 1. The fourth-order valence-electron chi connectivity index (χ4n) is 3.02. The molecule has 0 fully saturated rings. The van der Waals surface area contributed by atoms with Gasteiger partial charge < -0.3 is 15.8 Å². The highest BCUT2D eigenvalue weighted by molar-refractivity contribution is 8.14. The molecule has 8 nitrogen and oxygen atoms in total. The van der Waals surface area contributed by atoms with Crippen LogP contribution in [-0.4, -0.2) is 35.8 Å². The van der Waals surface area contributed by atoms with Gasteiger partial charge in [0, 0.05) is 4.88 Å². The number of methoxy groups -OCH3 is 1. The number of thioether (sulfide) groups is 1. The van der Waals surface area contributed by atoms with Crippen molar-refractivity contribution in [1.82, 2.24) is 0 Å². The van der Waals surface area contributed by atoms with E-state index in [4.69, 9.17) is 22.1 Å². The second kappa shape index (κ2) is 10.4. The molecular formula is C22H17ClN4O4S3. The molecule has 34 heavy (non-hydrogen) atoms. The Hall–Kier alpha value is -3.12. The Morgan fingerprint density at radius 1 is 1.26 bits per heavy atom. The Morgan fingerprint density at radius 3 is 2.76 bits per heavy atom. The number of amidine groups is 1. The third-order valence-electron chi connectivity index (χ3n) is 4.56. The van der Waals surface area contributed by atoms with Gasteiger partial charge in [0.25, 0.3) is 11.8 Å². The van der Waals surface area contributed by atoms with Gasteiger partial charge in [-0.25, -0.2) is 4.99 Å². The summed E-state index contributed by atoms with van der Waals surface area (Å²) < 4.78 is 5.20. The molecule has 0 saturated carbocycles. The number of thiophene rings is 2. The van der Waals surface area contributed by atoms with E-state index < -0.39 is 5.91 Å². The van der Waals surface area contributed by atoms with Crippen LogP contribution in [0.25, 0.3) is 6.08 Å². The number of carbonyl (C=O) groups is 3. The number of halogens is 1. The molecule has 0 atom stereocenters. The largest absolute Gasteiger partial charge is 0.495 e. The highest BCUT2D eigenvalue weighted by atomic mass is 35.5. The van der Waals surface area contributed by atoms with E-state index in [1.165, 1.54) is 34.7 Å². The first-order chi connectivity index (χ1) is 16.4. The van der Waals surface area contributed by atoms with E-state index in [1.54, 1.807) is 35.7 Å². The number of hydrogen-bond acceptors (Lipinski definition) is 8. The van der Waals surface area contributed by atoms with Crippen LogP contribution < -0.4 is 20.7 Å². The number of benzene rings is 1. The maximum Gasteiger partial charge on any atom is 0.283 e. The van der Waals surface area contributed by atoms with Crippen molar-refractivity contribution >= 4 is 85.7 Å². The molecule has 3 heterocycles. The number of hydrogen-bond donors (Lipinski definition) is 2. The molecule has 12 heteroatoms. The predicted molar refractivity (Wildman–Crippen MR) is 139 cm³/mol. The number of ether oxygens (including phenoxy) is 1. The van der Waals surface area contributed by atoms with E-state index in [9.17, 15) is 14.4 Å². The predicted octanol–water partition coefficient (Wildman–Crippen LogP) is 4.69. The van der Waals surface area contributed by atoms with Crippen molar-refractivity contribution in [2.45, 2.75) is 0 Å². The van der Waals surface area contributed by atoms with Crippen molar-refractivity contribution in [3.8, 4) is 5.75 Å². The maximum absolute atomic E-state index is 13.2. The molecule has 1 aromatic carbocycles. The van der Waals surface area contributed by atoms with Gasteiger partial charge in [0.1, 0.15) is 16.4 Å². The number of rotatable bonds is 7. The Kier molecular flexibility index (Phi) is 7.37. The summed E-state index contributed by atoms with van der Waals surface area (Å²) in [6.07, 6.45) is 1.70. The van der Waals surface area contributed by atoms with Gasteiger partial charge in [-0.15, -0.1) is 22.7 Å². The zero-order valence-electron chi connectivity index (χ0n) is 17.6. The minimum Gasteiger partial charge on any atom is -0.495 e. The number of anilines is 2. The summed E-state index contributed by atoms with van der Waals surface area (Å²) in [5.41, 5.74) is 6.31. The van der Waals surface area contributed by atoms with E-state index in [1.807, 2.05) is 17.5 Å². The highest BCUT2D eigenvalue weighted by Gasteiger charge is 2.33. The third-order valence-corrected chi connectivity index (χ3v) is 7.44. The lowest BCUT2D eigenvalue weighted by atomic mass is 10.2. The van der Waals surface area contributed by atoms with Gasteiger partial charge in [0.05, 0.1) is 29.1 Å². The summed E-state index contributed by atoms with van der Waals surface area (Å²) in [5, 5.41) is 7.29. The van der Waals surface area contributed by atoms with Crippen molar-refractivity contribution in [2.75, 3.05) is 23.1 Å². The molecule has 3 aromatic rings. The zero-order valence-corrected chi connectivity index (χ0v) is 20.8. The molecule has 0 aliphatic carbocycles. The van der Waals surface area contributed by atoms with E-state index in [2.05, 4.69) is 10.3 Å². The molecule has 0 spiro atoms. The molecule has 0 bridgehead atoms. The van der Waals surface area contributed by atoms with Gasteiger partial charge in [-0.3, -0.25) is 19.3 Å². The lowest BCUT2D eigenvalue weighted by Crippen LogP contribution is -2.31. The first kappa shape index (κ1) is 24.0. The van der Waals surface area contributed by atoms with Crippen LogP contribution >= 0.6 is 46.0 Å². The number of nitrogens with two attached hydrogens (primary N) is 1. The van der Waals surface area contributed by atoms with Gasteiger partial charge >= 0.3 is 0 Å². The van der Waals surface area contributed by atoms with Crippen LogP contribution in [0.4, 0.5) is 10.7 Å². The molecule has 3 N–H and O–H groups in total. The van der Waals surface area contributed by atoms with Crippen molar-refractivity contribution in [2.24, 2.45) is 10.7 Å². The third kappa shape index (κ3) is 5.17. The molecule has 0 unspecified atom stereocenters. The normalized spacial score (nSPS) is 14.4. The van der Waals surface area contributed by atoms with Crippen LogP contribution in [0.5, 0.6) is 5.75 Å². The Labute approximate surface area is 212 Å². The van der Waals surface area contributed by atoms with Crippen molar-refractivity contribution in [1.29, 1.82) is 0 Å². The number of aliphatic imine (C=N–C) groups is 1. The second-order valence-corrected chi connectivity index (χ2v) is 10.0. The van der Waals surface area contributed by atoms with Gasteiger partial charge in [-0.05, 0) is 47.2 Å². The summed E-state index contributed by atoms with van der Waals surface area (Å²) >= 11 is 10.0. The van der Waals surface area contributed by atoms with Gasteiger partial charge in [0.15, 0.2) is 5.17 Å². The number of nitrogens with zero attached hydrogens (tertiary/aromatic N) is 2. The van der Waals surface area contributed by atoms with Crippen LogP contribution in [0, 0.1) is 0 Å². The summed E-state index contributed by atoms with van der Waals surface area (Å²) in [7, 11) is 1.50. The Morgan fingerprint density at radius 2 is 2.09 bits per heavy atom. The fraction of sp³-hybridized carbons (Fsp3) is 0.0909. The maximum atomic E-state index is 13.2. The van der Waals surface area contributed by atoms with Crippen molar-refractivity contribution < 1.29 is 19.1 Å². The lowest BCUT2D eigenvalue weighted by molar-refractivity contribution is -0.114. The SMILES string of the molecule is COc1ccc(N2C(=O)C(=Cc3cccs3)N=C2SCC(=O)Nc2sccc2C(N)=O)cc1Cl. The second-order valence-electron chi connectivity index (χ2n) is 6.76. The van der Waals surface area contributed by atoms with Gasteiger partial charge in [-0.1, -0.05) is 29.4 Å². The summed E-state index contributed by atoms with van der Waals surface area (Å²) in [5.74, 6) is -0.908. The first-order valence-electron chi connectivity index (χ1n) is 9.69.